The quantitative estimate of drug-likeness (QED) is 0.785. The molecule has 1 aromatic heterocycles. The first kappa shape index (κ1) is 14.7. The third kappa shape index (κ3) is 3.45. The minimum absolute atomic E-state index is 0.0932. The van der Waals surface area contributed by atoms with Gasteiger partial charge >= 0.3 is 0 Å². The summed E-state index contributed by atoms with van der Waals surface area (Å²) < 4.78 is 12.4. The number of nitrogens with zero attached hydrogens (tertiary/aromatic N) is 2. The van der Waals surface area contributed by atoms with E-state index >= 15 is 0 Å². The van der Waals surface area contributed by atoms with Crippen molar-refractivity contribution in [1.82, 2.24) is 15.1 Å². The maximum absolute atomic E-state index is 5.25. The lowest BCUT2D eigenvalue weighted by Crippen LogP contribution is -2.39. The van der Waals surface area contributed by atoms with Gasteiger partial charge in [-0.2, -0.15) is 5.10 Å². The predicted octanol–water partition coefficient (Wildman–Crippen LogP) is 1.97. The molecular weight excluding hydrogens is 254 g/mol. The van der Waals surface area contributed by atoms with Crippen LogP contribution in [0.2, 0.25) is 0 Å². The van der Waals surface area contributed by atoms with Crippen molar-refractivity contribution >= 4 is 0 Å². The van der Waals surface area contributed by atoms with E-state index in [0.717, 1.165) is 12.2 Å². The van der Waals surface area contributed by atoms with Crippen molar-refractivity contribution in [3.63, 3.8) is 0 Å². The Morgan fingerprint density at radius 3 is 2.60 bits per heavy atom. The van der Waals surface area contributed by atoms with Crippen molar-refractivity contribution in [3.05, 3.63) is 48.3 Å². The van der Waals surface area contributed by atoms with Crippen LogP contribution in [0, 0.1) is 0 Å². The van der Waals surface area contributed by atoms with Gasteiger partial charge in [-0.05, 0) is 24.6 Å². The first-order valence-corrected chi connectivity index (χ1v) is 6.63. The van der Waals surface area contributed by atoms with Crippen LogP contribution in [-0.2, 0) is 16.0 Å². The Labute approximate surface area is 119 Å². The molecular formula is C15H21N3O2. The summed E-state index contributed by atoms with van der Waals surface area (Å²) in [7, 11) is 3.29. The molecule has 0 bridgehead atoms. The molecule has 0 aliphatic rings. The average Bonchev–Trinajstić information content (AvgIpc) is 3.01. The molecule has 1 atom stereocenters. The number of nitrogens with one attached hydrogen (secondary N) is 1. The summed E-state index contributed by atoms with van der Waals surface area (Å²) in [6.07, 6.45) is 3.46. The Morgan fingerprint density at radius 2 is 1.95 bits per heavy atom. The van der Waals surface area contributed by atoms with E-state index in [2.05, 4.69) is 22.5 Å². The van der Waals surface area contributed by atoms with Gasteiger partial charge in [-0.1, -0.05) is 18.2 Å². The number of ether oxygens (including phenoxy) is 2. The van der Waals surface area contributed by atoms with Gasteiger partial charge in [0.1, 0.15) is 0 Å². The first-order chi connectivity index (χ1) is 9.76. The molecule has 0 saturated heterocycles. The summed E-state index contributed by atoms with van der Waals surface area (Å²) in [6, 6.07) is 10.2. The molecule has 1 N–H and O–H groups in total. The number of para-hydroxylation sites is 1. The van der Waals surface area contributed by atoms with Crippen LogP contribution < -0.4 is 5.32 Å². The van der Waals surface area contributed by atoms with Crippen molar-refractivity contribution in [1.29, 1.82) is 0 Å². The molecule has 2 aromatic rings. The lowest BCUT2D eigenvalue weighted by molar-refractivity contribution is -0.119. The summed E-state index contributed by atoms with van der Waals surface area (Å²) in [5.41, 5.74) is 2.25. The third-order valence-electron chi connectivity index (χ3n) is 3.23. The molecule has 0 fully saturated rings. The minimum atomic E-state index is -0.258. The number of rotatable bonds is 7. The maximum Gasteiger partial charge on any atom is 0.171 e. The molecule has 5 heteroatoms. The summed E-state index contributed by atoms with van der Waals surface area (Å²) >= 11 is 0. The van der Waals surface area contributed by atoms with Gasteiger partial charge < -0.3 is 14.8 Å². The molecule has 0 aliphatic carbocycles. The second-order valence-corrected chi connectivity index (χ2v) is 4.59. The number of hydrogen-bond acceptors (Lipinski definition) is 4. The van der Waals surface area contributed by atoms with Crippen LogP contribution >= 0.6 is 0 Å². The highest BCUT2D eigenvalue weighted by molar-refractivity contribution is 5.40. The normalized spacial score (nSPS) is 12.8. The van der Waals surface area contributed by atoms with Crippen LogP contribution in [0.25, 0.3) is 5.69 Å². The fraction of sp³-hybridized carbons (Fsp3) is 0.400. The standard InChI is InChI=1S/C15H21N3O2/c1-12(15(19-2)20-3)16-11-13-7-4-5-8-14(13)18-10-6-9-17-18/h4-10,12,15-16H,11H2,1-3H3. The molecule has 1 heterocycles. The zero-order chi connectivity index (χ0) is 14.4. The fourth-order valence-corrected chi connectivity index (χ4v) is 2.17. The number of aromatic nitrogens is 2. The van der Waals surface area contributed by atoms with Gasteiger partial charge in [0.2, 0.25) is 0 Å². The molecule has 1 unspecified atom stereocenters. The highest BCUT2D eigenvalue weighted by atomic mass is 16.7. The summed E-state index contributed by atoms with van der Waals surface area (Å²) in [5.74, 6) is 0. The molecule has 1 aromatic carbocycles. The highest BCUT2D eigenvalue weighted by Gasteiger charge is 2.15. The van der Waals surface area contributed by atoms with E-state index < -0.39 is 0 Å². The Morgan fingerprint density at radius 1 is 1.20 bits per heavy atom. The van der Waals surface area contributed by atoms with E-state index in [1.165, 1.54) is 5.56 Å². The monoisotopic (exact) mass is 275 g/mol. The van der Waals surface area contributed by atoms with Gasteiger partial charge in [0.15, 0.2) is 6.29 Å². The van der Waals surface area contributed by atoms with Crippen LogP contribution in [0.5, 0.6) is 0 Å². The van der Waals surface area contributed by atoms with Gasteiger partial charge in [0.25, 0.3) is 0 Å². The largest absolute Gasteiger partial charge is 0.354 e. The van der Waals surface area contributed by atoms with Gasteiger partial charge in [-0.3, -0.25) is 0 Å². The van der Waals surface area contributed by atoms with E-state index in [-0.39, 0.29) is 12.3 Å². The maximum atomic E-state index is 5.25. The van der Waals surface area contributed by atoms with Crippen molar-refractivity contribution in [3.8, 4) is 5.69 Å². The van der Waals surface area contributed by atoms with Gasteiger partial charge in [-0.25, -0.2) is 4.68 Å². The first-order valence-electron chi connectivity index (χ1n) is 6.63. The molecule has 0 amide bonds. The van der Waals surface area contributed by atoms with Crippen LogP contribution in [-0.4, -0.2) is 36.3 Å². The van der Waals surface area contributed by atoms with Crippen molar-refractivity contribution in [2.45, 2.75) is 25.8 Å². The van der Waals surface area contributed by atoms with Crippen LogP contribution in [0.15, 0.2) is 42.7 Å². The zero-order valence-corrected chi connectivity index (χ0v) is 12.1. The van der Waals surface area contributed by atoms with Gasteiger partial charge in [-0.15, -0.1) is 0 Å². The number of hydrogen-bond donors (Lipinski definition) is 1. The molecule has 20 heavy (non-hydrogen) atoms. The summed E-state index contributed by atoms with van der Waals surface area (Å²) in [6.45, 7) is 2.76. The Hall–Kier alpha value is -1.69. The second-order valence-electron chi connectivity index (χ2n) is 4.59. The molecule has 0 spiro atoms. The minimum Gasteiger partial charge on any atom is -0.354 e. The Bertz CT molecular complexity index is 510. The van der Waals surface area contributed by atoms with Crippen LogP contribution in [0.1, 0.15) is 12.5 Å². The van der Waals surface area contributed by atoms with E-state index in [4.69, 9.17) is 9.47 Å². The van der Waals surface area contributed by atoms with E-state index in [1.807, 2.05) is 36.0 Å². The molecule has 2 rings (SSSR count). The van der Waals surface area contributed by atoms with Crippen molar-refractivity contribution < 1.29 is 9.47 Å². The zero-order valence-electron chi connectivity index (χ0n) is 12.1. The average molecular weight is 275 g/mol. The molecule has 108 valence electrons. The lowest BCUT2D eigenvalue weighted by Gasteiger charge is -2.22. The number of methoxy groups -OCH3 is 2. The molecule has 0 saturated carbocycles. The highest BCUT2D eigenvalue weighted by Crippen LogP contribution is 2.13. The third-order valence-corrected chi connectivity index (χ3v) is 3.23. The molecule has 0 aliphatic heterocycles. The van der Waals surface area contributed by atoms with Crippen LogP contribution in [0.4, 0.5) is 0 Å². The fourth-order valence-electron chi connectivity index (χ4n) is 2.17. The van der Waals surface area contributed by atoms with Gasteiger partial charge in [0.05, 0.1) is 11.7 Å². The van der Waals surface area contributed by atoms with Crippen LogP contribution in [0.3, 0.4) is 0 Å². The SMILES string of the molecule is COC(OC)C(C)NCc1ccccc1-n1cccn1. The summed E-state index contributed by atoms with van der Waals surface area (Å²) in [5, 5.41) is 7.69. The Kier molecular flexibility index (Phi) is 5.29. The lowest BCUT2D eigenvalue weighted by atomic mass is 10.1. The smallest absolute Gasteiger partial charge is 0.171 e. The van der Waals surface area contributed by atoms with Crippen molar-refractivity contribution in [2.24, 2.45) is 0 Å². The summed E-state index contributed by atoms with van der Waals surface area (Å²) in [4.78, 5) is 0. The second kappa shape index (κ2) is 7.19. The molecule has 0 radical (unpaired) electrons. The van der Waals surface area contributed by atoms with E-state index in [1.54, 1.807) is 20.4 Å². The van der Waals surface area contributed by atoms with E-state index in [0.29, 0.717) is 0 Å². The Balaban J connectivity index is 2.07. The van der Waals surface area contributed by atoms with Crippen molar-refractivity contribution in [2.75, 3.05) is 14.2 Å². The topological polar surface area (TPSA) is 48.3 Å². The molecule has 5 nitrogen and oxygen atoms in total. The predicted molar refractivity (Wildman–Crippen MR) is 77.7 cm³/mol. The van der Waals surface area contributed by atoms with E-state index in [9.17, 15) is 0 Å². The number of benzene rings is 1. The van der Waals surface area contributed by atoms with Gasteiger partial charge in [0, 0.05) is 33.2 Å².